The Morgan fingerprint density at radius 3 is 2.58 bits per heavy atom. The summed E-state index contributed by atoms with van der Waals surface area (Å²) in [6, 6.07) is 0.793. The van der Waals surface area contributed by atoms with Gasteiger partial charge in [-0.2, -0.15) is 0 Å². The number of piperidine rings is 1. The molecule has 0 unspecified atom stereocenters. The molecular weight excluding hydrogens is 238 g/mol. The van der Waals surface area contributed by atoms with Crippen LogP contribution in [-0.2, 0) is 4.79 Å². The highest BCUT2D eigenvalue weighted by Crippen LogP contribution is 2.27. The Hall–Kier alpha value is -0.610. The van der Waals surface area contributed by atoms with E-state index in [1.807, 2.05) is 13.8 Å². The number of carbonyl (C=O) groups is 1. The zero-order valence-corrected chi connectivity index (χ0v) is 12.6. The van der Waals surface area contributed by atoms with E-state index in [-0.39, 0.29) is 17.9 Å². The Bertz CT molecular complexity index is 315. The van der Waals surface area contributed by atoms with Crippen LogP contribution in [0.25, 0.3) is 0 Å². The normalized spacial score (nSPS) is 26.0. The molecule has 2 atom stereocenters. The molecule has 1 aliphatic carbocycles. The lowest BCUT2D eigenvalue weighted by Crippen LogP contribution is -2.55. The average molecular weight is 267 g/mol. The zero-order valence-electron chi connectivity index (χ0n) is 12.6. The van der Waals surface area contributed by atoms with Crippen LogP contribution >= 0.6 is 0 Å². The van der Waals surface area contributed by atoms with E-state index in [4.69, 9.17) is 5.73 Å². The molecule has 0 radical (unpaired) electrons. The third-order valence-electron chi connectivity index (χ3n) is 4.58. The Labute approximate surface area is 117 Å². The standard InChI is InChI=1S/C15H29N3O/c1-11(2)14(16)15(19)18-9-5-4-6-13(18)10-17(3)12-7-8-12/h11-14H,4-10,16H2,1-3H3/t13-,14+/m1/s1. The molecule has 2 aliphatic rings. The van der Waals surface area contributed by atoms with Gasteiger partial charge in [-0.15, -0.1) is 0 Å². The van der Waals surface area contributed by atoms with Crippen LogP contribution in [0.3, 0.4) is 0 Å². The highest BCUT2D eigenvalue weighted by molar-refractivity contribution is 5.82. The molecule has 0 aromatic rings. The van der Waals surface area contributed by atoms with Crippen molar-refractivity contribution in [3.8, 4) is 0 Å². The number of nitrogens with zero attached hydrogens (tertiary/aromatic N) is 2. The van der Waals surface area contributed by atoms with Crippen LogP contribution in [0.1, 0.15) is 46.0 Å². The molecule has 2 rings (SSSR count). The summed E-state index contributed by atoms with van der Waals surface area (Å²) < 4.78 is 0. The number of likely N-dealkylation sites (tertiary alicyclic amines) is 1. The second kappa shape index (κ2) is 6.23. The zero-order chi connectivity index (χ0) is 14.0. The first-order valence-electron chi connectivity index (χ1n) is 7.77. The van der Waals surface area contributed by atoms with E-state index in [1.165, 1.54) is 19.3 Å². The summed E-state index contributed by atoms with van der Waals surface area (Å²) in [5, 5.41) is 0. The predicted octanol–water partition coefficient (Wildman–Crippen LogP) is 1.45. The fourth-order valence-electron chi connectivity index (χ4n) is 2.95. The Morgan fingerprint density at radius 2 is 2.00 bits per heavy atom. The molecule has 2 N–H and O–H groups in total. The van der Waals surface area contributed by atoms with E-state index in [2.05, 4.69) is 16.8 Å². The third kappa shape index (κ3) is 3.69. The second-order valence-electron chi connectivity index (χ2n) is 6.62. The van der Waals surface area contributed by atoms with Crippen LogP contribution in [-0.4, -0.2) is 54.0 Å². The lowest BCUT2D eigenvalue weighted by Gasteiger charge is -2.39. The number of likely N-dealkylation sites (N-methyl/N-ethyl adjacent to an activating group) is 1. The van der Waals surface area contributed by atoms with E-state index >= 15 is 0 Å². The van der Waals surface area contributed by atoms with Crippen molar-refractivity contribution < 1.29 is 4.79 Å². The maximum atomic E-state index is 12.5. The van der Waals surface area contributed by atoms with Crippen molar-refractivity contribution in [2.24, 2.45) is 11.7 Å². The van der Waals surface area contributed by atoms with Gasteiger partial charge in [0.25, 0.3) is 0 Å². The van der Waals surface area contributed by atoms with Gasteiger partial charge in [-0.3, -0.25) is 4.79 Å². The lowest BCUT2D eigenvalue weighted by molar-refractivity contribution is -0.137. The minimum absolute atomic E-state index is 0.156. The molecule has 1 amide bonds. The lowest BCUT2D eigenvalue weighted by atomic mass is 9.97. The monoisotopic (exact) mass is 267 g/mol. The molecule has 110 valence electrons. The molecule has 1 heterocycles. The summed E-state index contributed by atoms with van der Waals surface area (Å²) in [5.41, 5.74) is 6.05. The molecule has 1 saturated heterocycles. The van der Waals surface area contributed by atoms with Gasteiger partial charge in [0.05, 0.1) is 6.04 Å². The maximum absolute atomic E-state index is 12.5. The molecule has 4 heteroatoms. The number of rotatable bonds is 5. The SMILES string of the molecule is CC(C)[C@H](N)C(=O)N1CCCC[C@@H]1CN(C)C1CC1. The van der Waals surface area contributed by atoms with E-state index in [9.17, 15) is 4.79 Å². The maximum Gasteiger partial charge on any atom is 0.240 e. The molecule has 19 heavy (non-hydrogen) atoms. The molecule has 0 bridgehead atoms. The number of hydrogen-bond acceptors (Lipinski definition) is 3. The summed E-state index contributed by atoms with van der Waals surface area (Å²) >= 11 is 0. The molecule has 0 spiro atoms. The van der Waals surface area contributed by atoms with E-state index < -0.39 is 0 Å². The highest BCUT2D eigenvalue weighted by Gasteiger charge is 2.34. The second-order valence-corrected chi connectivity index (χ2v) is 6.62. The van der Waals surface area contributed by atoms with Crippen molar-refractivity contribution in [2.45, 2.75) is 64.1 Å². The van der Waals surface area contributed by atoms with Crippen molar-refractivity contribution in [2.75, 3.05) is 20.1 Å². The minimum Gasteiger partial charge on any atom is -0.337 e. The highest BCUT2D eigenvalue weighted by atomic mass is 16.2. The van der Waals surface area contributed by atoms with Gasteiger partial charge in [0.1, 0.15) is 0 Å². The fourth-order valence-corrected chi connectivity index (χ4v) is 2.95. The van der Waals surface area contributed by atoms with Crippen molar-refractivity contribution in [3.05, 3.63) is 0 Å². The Kier molecular flexibility index (Phi) is 4.85. The van der Waals surface area contributed by atoms with Crippen LogP contribution < -0.4 is 5.73 Å². The number of carbonyl (C=O) groups excluding carboxylic acids is 1. The quantitative estimate of drug-likeness (QED) is 0.820. The van der Waals surface area contributed by atoms with Gasteiger partial charge in [-0.25, -0.2) is 0 Å². The van der Waals surface area contributed by atoms with E-state index in [1.54, 1.807) is 0 Å². The summed E-state index contributed by atoms with van der Waals surface area (Å²) in [6.07, 6.45) is 6.14. The molecule has 4 nitrogen and oxygen atoms in total. The van der Waals surface area contributed by atoms with Crippen LogP contribution in [0.2, 0.25) is 0 Å². The number of nitrogens with two attached hydrogens (primary N) is 1. The smallest absolute Gasteiger partial charge is 0.240 e. The molecule has 0 aromatic heterocycles. The Morgan fingerprint density at radius 1 is 1.32 bits per heavy atom. The summed E-state index contributed by atoms with van der Waals surface area (Å²) in [6.45, 7) is 5.96. The van der Waals surface area contributed by atoms with E-state index in [0.717, 1.165) is 32.0 Å². The molecule has 0 aromatic carbocycles. The van der Waals surface area contributed by atoms with E-state index in [0.29, 0.717) is 6.04 Å². The topological polar surface area (TPSA) is 49.6 Å². The first kappa shape index (κ1) is 14.8. The molecule has 1 aliphatic heterocycles. The largest absolute Gasteiger partial charge is 0.337 e. The molecule has 2 fully saturated rings. The van der Waals surface area contributed by atoms with Gasteiger partial charge in [0.2, 0.25) is 5.91 Å². The fraction of sp³-hybridized carbons (Fsp3) is 0.933. The van der Waals surface area contributed by atoms with Gasteiger partial charge in [-0.05, 0) is 45.1 Å². The number of amides is 1. The van der Waals surface area contributed by atoms with Gasteiger partial charge >= 0.3 is 0 Å². The van der Waals surface area contributed by atoms with Gasteiger partial charge < -0.3 is 15.5 Å². The van der Waals surface area contributed by atoms with Crippen molar-refractivity contribution in [1.29, 1.82) is 0 Å². The molecular formula is C15H29N3O. The van der Waals surface area contributed by atoms with Gasteiger partial charge in [-0.1, -0.05) is 13.8 Å². The number of hydrogen-bond donors (Lipinski definition) is 1. The minimum atomic E-state index is -0.341. The van der Waals surface area contributed by atoms with Gasteiger partial charge in [0, 0.05) is 25.2 Å². The molecule has 1 saturated carbocycles. The van der Waals surface area contributed by atoms with Crippen LogP contribution in [0.5, 0.6) is 0 Å². The van der Waals surface area contributed by atoms with Crippen molar-refractivity contribution in [3.63, 3.8) is 0 Å². The van der Waals surface area contributed by atoms with Crippen LogP contribution in [0.4, 0.5) is 0 Å². The third-order valence-corrected chi connectivity index (χ3v) is 4.58. The van der Waals surface area contributed by atoms with Crippen molar-refractivity contribution in [1.82, 2.24) is 9.80 Å². The summed E-state index contributed by atoms with van der Waals surface area (Å²) in [5.74, 6) is 0.375. The van der Waals surface area contributed by atoms with Crippen LogP contribution in [0.15, 0.2) is 0 Å². The average Bonchev–Trinajstić information content (AvgIpc) is 3.21. The van der Waals surface area contributed by atoms with Gasteiger partial charge in [0.15, 0.2) is 0 Å². The predicted molar refractivity (Wildman–Crippen MR) is 77.8 cm³/mol. The first-order chi connectivity index (χ1) is 9.00. The summed E-state index contributed by atoms with van der Waals surface area (Å²) in [4.78, 5) is 17.0. The van der Waals surface area contributed by atoms with Crippen molar-refractivity contribution >= 4 is 5.91 Å². The van der Waals surface area contributed by atoms with Crippen LogP contribution in [0, 0.1) is 5.92 Å². The summed E-state index contributed by atoms with van der Waals surface area (Å²) in [7, 11) is 2.19. The Balaban J connectivity index is 1.96. The first-order valence-corrected chi connectivity index (χ1v) is 7.77.